The van der Waals surface area contributed by atoms with E-state index in [1.807, 2.05) is 31.2 Å². The zero-order chi connectivity index (χ0) is 22.1. The quantitative estimate of drug-likeness (QED) is 0.497. The molecule has 0 fully saturated rings. The molecule has 0 aliphatic carbocycles. The van der Waals surface area contributed by atoms with Crippen LogP contribution >= 0.6 is 0 Å². The highest BCUT2D eigenvalue weighted by Gasteiger charge is 2.34. The van der Waals surface area contributed by atoms with Gasteiger partial charge in [0.25, 0.3) is 5.91 Å². The number of carbonyl (C=O) groups excluding carboxylic acids is 1. The first-order chi connectivity index (χ1) is 15.6. The van der Waals surface area contributed by atoms with Gasteiger partial charge in [-0.3, -0.25) is 9.78 Å². The van der Waals surface area contributed by atoms with Crippen molar-refractivity contribution in [2.24, 2.45) is 0 Å². The van der Waals surface area contributed by atoms with Crippen molar-refractivity contribution in [1.29, 1.82) is 0 Å². The number of hydrogen-bond acceptors (Lipinski definition) is 7. The summed E-state index contributed by atoms with van der Waals surface area (Å²) < 4.78 is 12.5. The monoisotopic (exact) mass is 428 g/mol. The van der Waals surface area contributed by atoms with E-state index < -0.39 is 6.04 Å². The van der Waals surface area contributed by atoms with Gasteiger partial charge in [-0.2, -0.15) is 4.98 Å². The zero-order valence-corrected chi connectivity index (χ0v) is 17.4. The van der Waals surface area contributed by atoms with E-state index >= 15 is 0 Å². The Balaban J connectivity index is 1.60. The Kier molecular flexibility index (Phi) is 4.91. The number of fused-ring (bicyclic) bond motifs is 1. The van der Waals surface area contributed by atoms with Gasteiger partial charge in [-0.15, -0.1) is 5.10 Å². The van der Waals surface area contributed by atoms with Gasteiger partial charge in [-0.1, -0.05) is 12.1 Å². The summed E-state index contributed by atoms with van der Waals surface area (Å²) in [7, 11) is 1.61. The number of methoxy groups -OCH3 is 1. The van der Waals surface area contributed by atoms with Crippen LogP contribution in [0.15, 0.2) is 82.9 Å². The summed E-state index contributed by atoms with van der Waals surface area (Å²) in [6.45, 7) is 1.85. The number of pyridine rings is 1. The van der Waals surface area contributed by atoms with Crippen molar-refractivity contribution in [2.45, 2.75) is 13.0 Å². The van der Waals surface area contributed by atoms with E-state index in [1.165, 1.54) is 0 Å². The Hall–Kier alpha value is -4.40. The van der Waals surface area contributed by atoms with Crippen molar-refractivity contribution >= 4 is 17.5 Å². The molecule has 9 heteroatoms. The molecule has 32 heavy (non-hydrogen) atoms. The molecule has 160 valence electrons. The molecule has 5 rings (SSSR count). The number of amides is 1. The predicted molar refractivity (Wildman–Crippen MR) is 118 cm³/mol. The second-order valence-electron chi connectivity index (χ2n) is 7.22. The number of nitrogens with zero attached hydrogens (tertiary/aromatic N) is 4. The second kappa shape index (κ2) is 8.03. The van der Waals surface area contributed by atoms with E-state index in [0.29, 0.717) is 34.5 Å². The molecule has 1 aliphatic heterocycles. The Bertz CT molecular complexity index is 1280. The molecule has 0 spiro atoms. The molecule has 4 aromatic rings. The summed E-state index contributed by atoms with van der Waals surface area (Å²) in [6.07, 6.45) is 4.82. The van der Waals surface area contributed by atoms with Crippen molar-refractivity contribution in [3.63, 3.8) is 0 Å². The summed E-state index contributed by atoms with van der Waals surface area (Å²) in [6, 6.07) is 14.2. The lowest BCUT2D eigenvalue weighted by molar-refractivity contribution is -0.113. The van der Waals surface area contributed by atoms with Crippen LogP contribution in [0.3, 0.4) is 0 Å². The van der Waals surface area contributed by atoms with E-state index in [2.05, 4.69) is 25.7 Å². The average Bonchev–Trinajstić information content (AvgIpc) is 3.49. The topological polar surface area (TPSA) is 107 Å². The standard InChI is InChI=1S/C23H20N6O3/c1-14-19(22(30)26-16-5-3-11-24-13-16)20(15-7-9-17(31-2)10-8-15)29-23(25-14)27-21(28-29)18-6-4-12-32-18/h3-13,20H,1-2H3,(H,26,30)(H,25,27,28)/t20-/m0/s1. The fourth-order valence-corrected chi connectivity index (χ4v) is 3.68. The number of aromatic nitrogens is 4. The second-order valence-corrected chi connectivity index (χ2v) is 7.22. The number of nitrogens with one attached hydrogen (secondary N) is 2. The SMILES string of the molecule is COc1ccc([C@H]2C(C(=O)Nc3cccnc3)=C(C)Nc3nc(-c4ccco4)nn32)cc1. The van der Waals surface area contributed by atoms with Crippen molar-refractivity contribution in [1.82, 2.24) is 19.7 Å². The lowest BCUT2D eigenvalue weighted by Crippen LogP contribution is -2.31. The molecule has 9 nitrogen and oxygen atoms in total. The number of ether oxygens (including phenoxy) is 1. The van der Waals surface area contributed by atoms with Crippen molar-refractivity contribution < 1.29 is 13.9 Å². The molecular formula is C23H20N6O3. The highest BCUT2D eigenvalue weighted by Crippen LogP contribution is 2.37. The Morgan fingerprint density at radius 1 is 1.19 bits per heavy atom. The molecule has 1 aliphatic rings. The molecule has 1 aromatic carbocycles. The van der Waals surface area contributed by atoms with E-state index in [0.717, 1.165) is 11.3 Å². The molecule has 0 unspecified atom stereocenters. The summed E-state index contributed by atoms with van der Waals surface area (Å²) >= 11 is 0. The van der Waals surface area contributed by atoms with Crippen LogP contribution in [0.5, 0.6) is 5.75 Å². The largest absolute Gasteiger partial charge is 0.497 e. The number of allylic oxidation sites excluding steroid dienone is 1. The van der Waals surface area contributed by atoms with Gasteiger partial charge in [0.1, 0.15) is 11.8 Å². The maximum atomic E-state index is 13.4. The van der Waals surface area contributed by atoms with Crippen molar-refractivity contribution in [2.75, 3.05) is 17.7 Å². The first kappa shape index (κ1) is 19.6. The van der Waals surface area contributed by atoms with Crippen LogP contribution in [0, 0.1) is 0 Å². The minimum atomic E-state index is -0.509. The summed E-state index contributed by atoms with van der Waals surface area (Å²) in [5.41, 5.74) is 2.66. The molecular weight excluding hydrogens is 408 g/mol. The molecule has 2 N–H and O–H groups in total. The van der Waals surface area contributed by atoms with Crippen molar-refractivity contribution in [3.8, 4) is 17.3 Å². The highest BCUT2D eigenvalue weighted by atomic mass is 16.5. The van der Waals surface area contributed by atoms with E-state index in [-0.39, 0.29) is 5.91 Å². The Labute approximate surface area is 183 Å². The molecule has 0 saturated heterocycles. The smallest absolute Gasteiger partial charge is 0.255 e. The Morgan fingerprint density at radius 3 is 2.72 bits per heavy atom. The van der Waals surface area contributed by atoms with Gasteiger partial charge in [0.15, 0.2) is 5.76 Å². The maximum Gasteiger partial charge on any atom is 0.255 e. The third-order valence-electron chi connectivity index (χ3n) is 5.19. The molecule has 0 bridgehead atoms. The molecule has 1 amide bonds. The normalized spacial score (nSPS) is 15.1. The Morgan fingerprint density at radius 2 is 2.03 bits per heavy atom. The summed E-state index contributed by atoms with van der Waals surface area (Å²) in [5.74, 6) is 1.95. The number of benzene rings is 1. The van der Waals surface area contributed by atoms with E-state index in [1.54, 1.807) is 54.7 Å². The van der Waals surface area contributed by atoms with Crippen LogP contribution < -0.4 is 15.4 Å². The summed E-state index contributed by atoms with van der Waals surface area (Å²) in [5, 5.41) is 10.8. The number of carbonyl (C=O) groups is 1. The van der Waals surface area contributed by atoms with Gasteiger partial charge in [-0.25, -0.2) is 4.68 Å². The molecule has 0 saturated carbocycles. The van der Waals surface area contributed by atoms with Crippen molar-refractivity contribution in [3.05, 3.63) is 84.0 Å². The van der Waals surface area contributed by atoms with Gasteiger partial charge in [-0.05, 0) is 48.9 Å². The first-order valence-corrected chi connectivity index (χ1v) is 9.97. The minimum Gasteiger partial charge on any atom is -0.497 e. The molecule has 3 aromatic heterocycles. The van der Waals surface area contributed by atoms with Crippen LogP contribution in [-0.2, 0) is 4.79 Å². The van der Waals surface area contributed by atoms with Gasteiger partial charge in [0.05, 0.1) is 30.8 Å². The van der Waals surface area contributed by atoms with Crippen LogP contribution in [0.25, 0.3) is 11.6 Å². The lowest BCUT2D eigenvalue weighted by atomic mass is 9.95. The van der Waals surface area contributed by atoms with Crippen LogP contribution in [0.4, 0.5) is 11.6 Å². The van der Waals surface area contributed by atoms with Crippen LogP contribution in [0.1, 0.15) is 18.5 Å². The fourth-order valence-electron chi connectivity index (χ4n) is 3.68. The third-order valence-corrected chi connectivity index (χ3v) is 5.19. The molecule has 0 radical (unpaired) electrons. The fraction of sp³-hybridized carbons (Fsp3) is 0.130. The average molecular weight is 428 g/mol. The number of hydrogen-bond donors (Lipinski definition) is 2. The lowest BCUT2D eigenvalue weighted by Gasteiger charge is -2.28. The van der Waals surface area contributed by atoms with Gasteiger partial charge in [0.2, 0.25) is 11.8 Å². The minimum absolute atomic E-state index is 0.260. The number of rotatable bonds is 5. The zero-order valence-electron chi connectivity index (χ0n) is 17.4. The van der Waals surface area contributed by atoms with E-state index in [9.17, 15) is 4.79 Å². The number of anilines is 2. The molecule has 4 heterocycles. The maximum absolute atomic E-state index is 13.4. The van der Waals surface area contributed by atoms with Crippen LogP contribution in [0.2, 0.25) is 0 Å². The number of furan rings is 1. The highest BCUT2D eigenvalue weighted by molar-refractivity contribution is 6.05. The van der Waals surface area contributed by atoms with Gasteiger partial charge in [0, 0.05) is 11.9 Å². The summed E-state index contributed by atoms with van der Waals surface area (Å²) in [4.78, 5) is 22.0. The van der Waals surface area contributed by atoms with Gasteiger partial charge < -0.3 is 19.8 Å². The third kappa shape index (κ3) is 3.49. The first-order valence-electron chi connectivity index (χ1n) is 9.97. The predicted octanol–water partition coefficient (Wildman–Crippen LogP) is 3.87. The van der Waals surface area contributed by atoms with Gasteiger partial charge >= 0.3 is 0 Å². The molecule has 1 atom stereocenters. The van der Waals surface area contributed by atoms with Crippen LogP contribution in [-0.4, -0.2) is 32.8 Å². The van der Waals surface area contributed by atoms with E-state index in [4.69, 9.17) is 9.15 Å².